The zero-order chi connectivity index (χ0) is 20.1. The SMILES string of the molecule is Cc1cc(NC(=O)C2CCN(C(=O)c3cccc(OCC(C)C)c3)CC2)no1. The molecule has 7 nitrogen and oxygen atoms in total. The Morgan fingerprint density at radius 1 is 1.29 bits per heavy atom. The Kier molecular flexibility index (Phi) is 6.34. The van der Waals surface area contributed by atoms with E-state index in [-0.39, 0.29) is 17.7 Å². The Morgan fingerprint density at radius 3 is 2.68 bits per heavy atom. The van der Waals surface area contributed by atoms with Gasteiger partial charge in [0.1, 0.15) is 11.5 Å². The van der Waals surface area contributed by atoms with Crippen LogP contribution in [0.3, 0.4) is 0 Å². The first-order valence-corrected chi connectivity index (χ1v) is 9.68. The third-order valence-electron chi connectivity index (χ3n) is 4.70. The van der Waals surface area contributed by atoms with Crippen LogP contribution in [-0.4, -0.2) is 41.6 Å². The molecule has 2 aromatic rings. The lowest BCUT2D eigenvalue weighted by molar-refractivity contribution is -0.121. The number of piperidine rings is 1. The summed E-state index contributed by atoms with van der Waals surface area (Å²) in [4.78, 5) is 27.0. The molecule has 1 aliphatic heterocycles. The van der Waals surface area contributed by atoms with Crippen molar-refractivity contribution in [2.24, 2.45) is 11.8 Å². The monoisotopic (exact) mass is 385 g/mol. The number of hydrogen-bond acceptors (Lipinski definition) is 5. The van der Waals surface area contributed by atoms with Crippen molar-refractivity contribution in [1.29, 1.82) is 0 Å². The standard InChI is InChI=1S/C21H27N3O4/c1-14(2)13-27-18-6-4-5-17(12-18)21(26)24-9-7-16(8-10-24)20(25)22-19-11-15(3)28-23-19/h4-6,11-12,14,16H,7-10,13H2,1-3H3,(H,22,23,25). The number of carbonyl (C=O) groups excluding carboxylic acids is 2. The minimum atomic E-state index is -0.137. The molecule has 2 heterocycles. The largest absolute Gasteiger partial charge is 0.493 e. The molecule has 1 saturated heterocycles. The van der Waals surface area contributed by atoms with Gasteiger partial charge in [0, 0.05) is 30.6 Å². The quantitative estimate of drug-likeness (QED) is 0.822. The number of rotatable bonds is 6. The van der Waals surface area contributed by atoms with Gasteiger partial charge in [0.2, 0.25) is 5.91 Å². The lowest BCUT2D eigenvalue weighted by Crippen LogP contribution is -2.41. The van der Waals surface area contributed by atoms with Gasteiger partial charge in [-0.3, -0.25) is 9.59 Å². The number of hydrogen-bond donors (Lipinski definition) is 1. The molecule has 28 heavy (non-hydrogen) atoms. The Morgan fingerprint density at radius 2 is 2.04 bits per heavy atom. The summed E-state index contributed by atoms with van der Waals surface area (Å²) < 4.78 is 10.7. The highest BCUT2D eigenvalue weighted by Crippen LogP contribution is 2.22. The molecule has 0 spiro atoms. The second kappa shape index (κ2) is 8.91. The molecule has 0 bridgehead atoms. The maximum Gasteiger partial charge on any atom is 0.253 e. The molecule has 1 aliphatic rings. The van der Waals surface area contributed by atoms with Crippen LogP contribution in [0.1, 0.15) is 42.8 Å². The van der Waals surface area contributed by atoms with E-state index in [9.17, 15) is 9.59 Å². The van der Waals surface area contributed by atoms with Crippen LogP contribution in [0.5, 0.6) is 5.75 Å². The van der Waals surface area contributed by atoms with Gasteiger partial charge in [-0.1, -0.05) is 25.1 Å². The van der Waals surface area contributed by atoms with Crippen molar-refractivity contribution in [3.8, 4) is 5.75 Å². The van der Waals surface area contributed by atoms with Gasteiger partial charge < -0.3 is 19.5 Å². The molecule has 0 radical (unpaired) electrons. The van der Waals surface area contributed by atoms with E-state index in [1.165, 1.54) is 0 Å². The molecule has 0 aliphatic carbocycles. The van der Waals surface area contributed by atoms with Crippen LogP contribution in [0.2, 0.25) is 0 Å². The van der Waals surface area contributed by atoms with Crippen LogP contribution in [0.25, 0.3) is 0 Å². The Balaban J connectivity index is 1.53. The van der Waals surface area contributed by atoms with Gasteiger partial charge in [-0.15, -0.1) is 0 Å². The summed E-state index contributed by atoms with van der Waals surface area (Å²) in [5, 5.41) is 6.56. The van der Waals surface area contributed by atoms with Crippen LogP contribution < -0.4 is 10.1 Å². The Bertz CT molecular complexity index is 823. The third-order valence-corrected chi connectivity index (χ3v) is 4.70. The zero-order valence-corrected chi connectivity index (χ0v) is 16.6. The van der Waals surface area contributed by atoms with Gasteiger partial charge in [-0.25, -0.2) is 0 Å². The molecular weight excluding hydrogens is 358 g/mol. The van der Waals surface area contributed by atoms with E-state index in [0.29, 0.717) is 61.3 Å². The van der Waals surface area contributed by atoms with E-state index in [4.69, 9.17) is 9.26 Å². The fourth-order valence-electron chi connectivity index (χ4n) is 3.16. The van der Waals surface area contributed by atoms with Crippen LogP contribution in [0.4, 0.5) is 5.82 Å². The Labute approximate surface area is 165 Å². The summed E-state index contributed by atoms with van der Waals surface area (Å²) in [6.07, 6.45) is 1.25. The summed E-state index contributed by atoms with van der Waals surface area (Å²) in [6, 6.07) is 8.97. The second-order valence-corrected chi connectivity index (χ2v) is 7.61. The number of carbonyl (C=O) groups is 2. The van der Waals surface area contributed by atoms with Gasteiger partial charge in [-0.2, -0.15) is 0 Å². The molecule has 0 unspecified atom stereocenters. The summed E-state index contributed by atoms with van der Waals surface area (Å²) >= 11 is 0. The predicted molar refractivity (Wildman–Crippen MR) is 105 cm³/mol. The van der Waals surface area contributed by atoms with E-state index >= 15 is 0 Å². The first-order chi connectivity index (χ1) is 13.4. The van der Waals surface area contributed by atoms with E-state index in [2.05, 4.69) is 24.3 Å². The van der Waals surface area contributed by atoms with E-state index in [1.54, 1.807) is 30.0 Å². The first-order valence-electron chi connectivity index (χ1n) is 9.68. The van der Waals surface area contributed by atoms with Crippen molar-refractivity contribution in [1.82, 2.24) is 10.1 Å². The normalized spacial score (nSPS) is 14.9. The van der Waals surface area contributed by atoms with Crippen molar-refractivity contribution < 1.29 is 18.8 Å². The minimum absolute atomic E-state index is 0.0269. The summed E-state index contributed by atoms with van der Waals surface area (Å²) in [5.41, 5.74) is 0.613. The highest BCUT2D eigenvalue weighted by Gasteiger charge is 2.28. The van der Waals surface area contributed by atoms with Gasteiger partial charge in [-0.05, 0) is 43.9 Å². The van der Waals surface area contributed by atoms with Crippen LogP contribution >= 0.6 is 0 Å². The fraction of sp³-hybridized carbons (Fsp3) is 0.476. The van der Waals surface area contributed by atoms with E-state index in [1.807, 2.05) is 12.1 Å². The second-order valence-electron chi connectivity index (χ2n) is 7.61. The third kappa shape index (κ3) is 5.12. The number of ether oxygens (including phenoxy) is 1. The van der Waals surface area contributed by atoms with Crippen molar-refractivity contribution in [3.63, 3.8) is 0 Å². The maximum atomic E-state index is 12.8. The summed E-state index contributed by atoms with van der Waals surface area (Å²) in [5.74, 6) is 1.96. The van der Waals surface area contributed by atoms with Gasteiger partial charge in [0.25, 0.3) is 5.91 Å². The van der Waals surface area contributed by atoms with Crippen molar-refractivity contribution in [2.45, 2.75) is 33.6 Å². The van der Waals surface area contributed by atoms with Crippen molar-refractivity contribution in [2.75, 3.05) is 25.0 Å². The molecule has 1 aromatic carbocycles. The molecule has 2 amide bonds. The number of likely N-dealkylation sites (tertiary alicyclic amines) is 1. The molecule has 1 fully saturated rings. The van der Waals surface area contributed by atoms with E-state index < -0.39 is 0 Å². The summed E-state index contributed by atoms with van der Waals surface area (Å²) in [7, 11) is 0. The molecule has 0 atom stereocenters. The van der Waals surface area contributed by atoms with Crippen LogP contribution in [0.15, 0.2) is 34.9 Å². The highest BCUT2D eigenvalue weighted by atomic mass is 16.5. The lowest BCUT2D eigenvalue weighted by Gasteiger charge is -2.31. The van der Waals surface area contributed by atoms with Crippen LogP contribution in [0, 0.1) is 18.8 Å². The average molecular weight is 385 g/mol. The first kappa shape index (κ1) is 19.9. The van der Waals surface area contributed by atoms with Gasteiger partial charge in [0.05, 0.1) is 6.61 Å². The van der Waals surface area contributed by atoms with Crippen molar-refractivity contribution in [3.05, 3.63) is 41.7 Å². The number of nitrogens with one attached hydrogen (secondary N) is 1. The minimum Gasteiger partial charge on any atom is -0.493 e. The molecule has 0 saturated carbocycles. The zero-order valence-electron chi connectivity index (χ0n) is 16.6. The smallest absolute Gasteiger partial charge is 0.253 e. The number of anilines is 1. The topological polar surface area (TPSA) is 84.7 Å². The van der Waals surface area contributed by atoms with Gasteiger partial charge in [0.15, 0.2) is 5.82 Å². The average Bonchev–Trinajstić information content (AvgIpc) is 3.10. The van der Waals surface area contributed by atoms with E-state index in [0.717, 1.165) is 0 Å². The molecule has 3 rings (SSSR count). The molecule has 150 valence electrons. The number of aryl methyl sites for hydroxylation is 1. The predicted octanol–water partition coefficient (Wildman–Crippen LogP) is 3.51. The molecule has 1 aromatic heterocycles. The molecule has 7 heteroatoms. The lowest BCUT2D eigenvalue weighted by atomic mass is 9.95. The van der Waals surface area contributed by atoms with Crippen LogP contribution in [-0.2, 0) is 4.79 Å². The number of nitrogens with zero attached hydrogens (tertiary/aromatic N) is 2. The highest BCUT2D eigenvalue weighted by molar-refractivity contribution is 5.95. The maximum absolute atomic E-state index is 12.8. The molecule has 1 N–H and O–H groups in total. The number of aromatic nitrogens is 1. The Hall–Kier alpha value is -2.83. The number of benzene rings is 1. The van der Waals surface area contributed by atoms with Gasteiger partial charge >= 0.3 is 0 Å². The fourth-order valence-corrected chi connectivity index (χ4v) is 3.16. The summed E-state index contributed by atoms with van der Waals surface area (Å²) in [6.45, 7) is 7.65. The van der Waals surface area contributed by atoms with Crippen molar-refractivity contribution >= 4 is 17.6 Å². The number of amides is 2. The molecular formula is C21H27N3O4.